The average molecular weight is 589 g/mol. The molecule has 8 N–H and O–H groups in total. The van der Waals surface area contributed by atoms with Crippen molar-refractivity contribution in [1.82, 2.24) is 14.9 Å². The van der Waals surface area contributed by atoms with Gasteiger partial charge >= 0.3 is 0 Å². The molecule has 1 unspecified atom stereocenters. The van der Waals surface area contributed by atoms with Crippen LogP contribution in [0.25, 0.3) is 11.3 Å². The van der Waals surface area contributed by atoms with Crippen molar-refractivity contribution in [1.29, 1.82) is 5.41 Å². The van der Waals surface area contributed by atoms with E-state index in [1.165, 1.54) is 10.8 Å². The summed E-state index contributed by atoms with van der Waals surface area (Å²) < 4.78 is 1.34. The number of nitrogen functional groups attached to an aromatic ring is 2. The summed E-state index contributed by atoms with van der Waals surface area (Å²) in [5.41, 5.74) is 14.6. The third-order valence-electron chi connectivity index (χ3n) is 6.57. The first kappa shape index (κ1) is 32.8. The molecule has 0 radical (unpaired) electrons. The average Bonchev–Trinajstić information content (AvgIpc) is 2.88. The highest BCUT2D eigenvalue weighted by molar-refractivity contribution is 5.95. The second-order valence-electron chi connectivity index (χ2n) is 12.5. The maximum atomic E-state index is 13.5. The number of aromatic nitrogens is 2. The number of rotatable bonds is 12. The van der Waals surface area contributed by atoms with Crippen molar-refractivity contribution < 1.29 is 9.59 Å². The minimum Gasteiger partial charge on any atom is -0.399 e. The van der Waals surface area contributed by atoms with Crippen molar-refractivity contribution in [3.63, 3.8) is 0 Å². The Morgan fingerprint density at radius 2 is 1.72 bits per heavy atom. The van der Waals surface area contributed by atoms with Gasteiger partial charge in [-0.25, -0.2) is 4.98 Å². The second kappa shape index (κ2) is 14.0. The summed E-state index contributed by atoms with van der Waals surface area (Å²) in [5.74, 6) is -0.231. The van der Waals surface area contributed by atoms with Gasteiger partial charge in [0.2, 0.25) is 11.8 Å². The normalized spacial score (nSPS) is 12.1. The van der Waals surface area contributed by atoms with E-state index in [1.54, 1.807) is 42.5 Å². The number of amidine groups is 1. The Bertz CT molecular complexity index is 1520. The van der Waals surface area contributed by atoms with Crippen LogP contribution in [0.4, 0.5) is 17.2 Å². The first-order valence-electron chi connectivity index (χ1n) is 14.4. The molecule has 0 aliphatic carbocycles. The van der Waals surface area contributed by atoms with Crippen LogP contribution < -0.4 is 33.0 Å². The topological polar surface area (TPSA) is 181 Å². The van der Waals surface area contributed by atoms with E-state index in [0.29, 0.717) is 34.6 Å². The van der Waals surface area contributed by atoms with Crippen LogP contribution in [0.3, 0.4) is 0 Å². The molecule has 0 aliphatic heterocycles. The first-order valence-corrected chi connectivity index (χ1v) is 14.4. The zero-order valence-corrected chi connectivity index (χ0v) is 25.9. The number of nitrogens with zero attached hydrogens (tertiary/aromatic N) is 2. The summed E-state index contributed by atoms with van der Waals surface area (Å²) in [5, 5.41) is 16.3. The van der Waals surface area contributed by atoms with E-state index in [4.69, 9.17) is 16.9 Å². The summed E-state index contributed by atoms with van der Waals surface area (Å²) in [6.45, 7) is 12.2. The standard InChI is InChI=1S/C32H44N8O3/c1-19(2)38-30-31(43)40(18-28(42)36-16-21-7-9-22(10-8-21)29(34)35)26(17-37-30)23-12-24(33)14-25(13-23)39-27(41)11-20(3)15-32(4,5)6/h7-10,12-14,17,19-20H,11,15-16,18,33H2,1-6H3,(H3,34,35)(H,36,42)(H,37,38)(H,39,41). The molecule has 43 heavy (non-hydrogen) atoms. The van der Waals surface area contributed by atoms with E-state index >= 15 is 0 Å². The van der Waals surface area contributed by atoms with Crippen LogP contribution in [0.1, 0.15) is 65.5 Å². The quantitative estimate of drug-likeness (QED) is 0.103. The lowest BCUT2D eigenvalue weighted by molar-refractivity contribution is -0.122. The summed E-state index contributed by atoms with van der Waals surface area (Å²) in [4.78, 5) is 43.7. The van der Waals surface area contributed by atoms with Gasteiger partial charge in [0, 0.05) is 41.5 Å². The molecule has 0 saturated heterocycles. The molecule has 0 fully saturated rings. The van der Waals surface area contributed by atoms with Crippen LogP contribution in [-0.2, 0) is 22.7 Å². The van der Waals surface area contributed by atoms with Crippen LogP contribution in [0, 0.1) is 16.7 Å². The van der Waals surface area contributed by atoms with Crippen LogP contribution >= 0.6 is 0 Å². The summed E-state index contributed by atoms with van der Waals surface area (Å²) in [6, 6.07) is 12.0. The van der Waals surface area contributed by atoms with Crippen LogP contribution in [0.15, 0.2) is 53.5 Å². The van der Waals surface area contributed by atoms with Gasteiger partial charge < -0.3 is 27.4 Å². The Hall–Kier alpha value is -4.67. The molecule has 1 heterocycles. The molecule has 2 aromatic carbocycles. The summed E-state index contributed by atoms with van der Waals surface area (Å²) in [7, 11) is 0. The smallest absolute Gasteiger partial charge is 0.294 e. The Kier molecular flexibility index (Phi) is 10.7. The van der Waals surface area contributed by atoms with Gasteiger partial charge in [0.25, 0.3) is 5.56 Å². The SMILES string of the molecule is CC(CC(=O)Nc1cc(N)cc(-c2cnc(NC(C)C)c(=O)n2CC(=O)NCc2ccc(C(=N)N)cc2)c1)CC(C)(C)C. The second-order valence-corrected chi connectivity index (χ2v) is 12.5. The lowest BCUT2D eigenvalue weighted by Crippen LogP contribution is -2.35. The fourth-order valence-electron chi connectivity index (χ4n) is 4.97. The van der Waals surface area contributed by atoms with Crippen molar-refractivity contribution in [2.24, 2.45) is 17.1 Å². The maximum absolute atomic E-state index is 13.5. The highest BCUT2D eigenvalue weighted by Gasteiger charge is 2.19. The zero-order chi connectivity index (χ0) is 31.9. The summed E-state index contributed by atoms with van der Waals surface area (Å²) >= 11 is 0. The van der Waals surface area contributed by atoms with Crippen molar-refractivity contribution in [3.8, 4) is 11.3 Å². The van der Waals surface area contributed by atoms with E-state index in [2.05, 4.69) is 48.6 Å². The van der Waals surface area contributed by atoms with Gasteiger partial charge in [-0.15, -0.1) is 0 Å². The molecular weight excluding hydrogens is 544 g/mol. The molecule has 0 spiro atoms. The molecule has 0 bridgehead atoms. The number of carbonyl (C=O) groups excluding carboxylic acids is 2. The molecule has 2 amide bonds. The van der Waals surface area contributed by atoms with Crippen LogP contribution in [0.2, 0.25) is 0 Å². The van der Waals surface area contributed by atoms with Gasteiger partial charge in [-0.05, 0) is 55.4 Å². The van der Waals surface area contributed by atoms with Gasteiger partial charge in [-0.2, -0.15) is 0 Å². The van der Waals surface area contributed by atoms with E-state index in [-0.39, 0.29) is 53.9 Å². The van der Waals surface area contributed by atoms with E-state index in [1.807, 2.05) is 13.8 Å². The molecule has 3 rings (SSSR count). The van der Waals surface area contributed by atoms with Crippen molar-refractivity contribution in [3.05, 3.63) is 70.1 Å². The molecule has 0 aliphatic rings. The van der Waals surface area contributed by atoms with Gasteiger partial charge in [0.15, 0.2) is 5.82 Å². The molecule has 1 aromatic heterocycles. The lowest BCUT2D eigenvalue weighted by atomic mass is 9.84. The van der Waals surface area contributed by atoms with Gasteiger partial charge in [0.05, 0.1) is 11.9 Å². The minimum absolute atomic E-state index is 0.0367. The van der Waals surface area contributed by atoms with Crippen LogP contribution in [-0.4, -0.2) is 33.2 Å². The highest BCUT2D eigenvalue weighted by Crippen LogP contribution is 2.28. The Morgan fingerprint density at radius 3 is 2.33 bits per heavy atom. The highest BCUT2D eigenvalue weighted by atomic mass is 16.2. The number of carbonyl (C=O) groups is 2. The molecule has 1 atom stereocenters. The zero-order valence-electron chi connectivity index (χ0n) is 25.9. The third-order valence-corrected chi connectivity index (χ3v) is 6.57. The molecule has 11 nitrogen and oxygen atoms in total. The Balaban J connectivity index is 1.87. The number of anilines is 3. The van der Waals surface area contributed by atoms with Crippen LogP contribution in [0.5, 0.6) is 0 Å². The predicted octanol–water partition coefficient (Wildman–Crippen LogP) is 4.31. The monoisotopic (exact) mass is 588 g/mol. The van der Waals surface area contributed by atoms with Gasteiger partial charge in [-0.3, -0.25) is 24.4 Å². The first-order chi connectivity index (χ1) is 20.1. The fourth-order valence-corrected chi connectivity index (χ4v) is 4.97. The Labute approximate surface area is 253 Å². The summed E-state index contributed by atoms with van der Waals surface area (Å²) in [6.07, 6.45) is 2.79. The van der Waals surface area contributed by atoms with Crippen molar-refractivity contribution in [2.45, 2.75) is 73.5 Å². The maximum Gasteiger partial charge on any atom is 0.294 e. The number of benzene rings is 2. The fraction of sp³-hybridized carbons (Fsp3) is 0.406. The number of hydrogen-bond donors (Lipinski definition) is 6. The molecule has 3 aromatic rings. The largest absolute Gasteiger partial charge is 0.399 e. The number of hydrogen-bond acceptors (Lipinski definition) is 7. The van der Waals surface area contributed by atoms with Gasteiger partial charge in [0.1, 0.15) is 12.4 Å². The minimum atomic E-state index is -0.462. The number of nitrogens with two attached hydrogens (primary N) is 2. The predicted molar refractivity (Wildman–Crippen MR) is 173 cm³/mol. The van der Waals surface area contributed by atoms with E-state index < -0.39 is 5.56 Å². The molecule has 11 heteroatoms. The lowest BCUT2D eigenvalue weighted by Gasteiger charge is -2.23. The number of nitrogens with one attached hydrogen (secondary N) is 4. The Morgan fingerprint density at radius 1 is 1.05 bits per heavy atom. The molecule has 230 valence electrons. The van der Waals surface area contributed by atoms with E-state index in [0.717, 1.165) is 12.0 Å². The number of amides is 2. The van der Waals surface area contributed by atoms with Crippen molar-refractivity contribution in [2.75, 3.05) is 16.4 Å². The molecule has 0 saturated carbocycles. The van der Waals surface area contributed by atoms with Gasteiger partial charge in [-0.1, -0.05) is 52.0 Å². The van der Waals surface area contributed by atoms with Crippen molar-refractivity contribution >= 4 is 34.8 Å². The third kappa shape index (κ3) is 9.98. The molecular formula is C32H44N8O3. The van der Waals surface area contributed by atoms with E-state index in [9.17, 15) is 14.4 Å².